The highest BCUT2D eigenvalue weighted by Crippen LogP contribution is 1.80. The molecule has 0 bridgehead atoms. The fraction of sp³-hybridized carbons (Fsp3) is 0. The fourth-order valence-corrected chi connectivity index (χ4v) is 1.56. The average Bonchev–Trinajstić information content (AvgIpc) is 2.33. The number of hydrogen-bond acceptors (Lipinski definition) is 2. The second-order valence-corrected chi connectivity index (χ2v) is 2.78. The second-order valence-electron chi connectivity index (χ2n) is 1.83. The quantitative estimate of drug-likeness (QED) is 0.463. The van der Waals surface area contributed by atoms with Crippen LogP contribution in [0.25, 0.3) is 12.3 Å². The molecule has 2 rings (SSSR count). The number of hydrogen-bond donors (Lipinski definition) is 0. The monoisotopic (exact) mass is 135 g/mol. The van der Waals surface area contributed by atoms with Gasteiger partial charge in [-0.2, -0.15) is 0 Å². The van der Waals surface area contributed by atoms with E-state index in [1.54, 1.807) is 11.3 Å². The minimum absolute atomic E-state index is 1.24. The van der Waals surface area contributed by atoms with Gasteiger partial charge in [0.1, 0.15) is 0 Å². The lowest BCUT2D eigenvalue weighted by molar-refractivity contribution is 1.48. The first-order chi connectivity index (χ1) is 4.47. The van der Waals surface area contributed by atoms with Gasteiger partial charge < -0.3 is 0 Å². The molecule has 0 unspecified atom stereocenters. The molecule has 1 aromatic heterocycles. The second kappa shape index (κ2) is 1.81. The van der Waals surface area contributed by atoms with Crippen molar-refractivity contribution in [3.05, 3.63) is 21.2 Å². The Labute approximate surface area is 56.7 Å². The molecule has 1 radical (unpaired) electrons. The van der Waals surface area contributed by atoms with Crippen LogP contribution in [0.15, 0.2) is 11.4 Å². The van der Waals surface area contributed by atoms with Crippen molar-refractivity contribution in [3.8, 4) is 0 Å². The van der Waals surface area contributed by atoms with Gasteiger partial charge in [-0.05, 0) is 11.4 Å². The van der Waals surface area contributed by atoms with Crippen LogP contribution in [0.3, 0.4) is 0 Å². The van der Waals surface area contributed by atoms with Gasteiger partial charge >= 0.3 is 0 Å². The lowest BCUT2D eigenvalue weighted by Gasteiger charge is -1.70. The van der Waals surface area contributed by atoms with Crippen LogP contribution >= 0.6 is 11.3 Å². The highest BCUT2D eigenvalue weighted by Gasteiger charge is 1.95. The molecule has 2 heterocycles. The minimum Gasteiger partial charge on any atom is -0.143 e. The molecular weight excluding hydrogens is 130 g/mol. The first kappa shape index (κ1) is 4.94. The number of rotatable bonds is 0. The molecule has 0 atom stereocenters. The lowest BCUT2D eigenvalue weighted by Crippen LogP contribution is -2.21. The molecule has 1 aliphatic rings. The number of fused-ring (bicyclic) bond motifs is 1. The molecule has 1 aliphatic heterocycles. The van der Waals surface area contributed by atoms with Gasteiger partial charge in [0.2, 0.25) is 6.21 Å². The van der Waals surface area contributed by atoms with Crippen molar-refractivity contribution in [3.63, 3.8) is 0 Å². The summed E-state index contributed by atoms with van der Waals surface area (Å²) in [5.74, 6) is 0. The largest absolute Gasteiger partial charge is 0.250 e. The zero-order valence-electron chi connectivity index (χ0n) is 4.74. The summed E-state index contributed by atoms with van der Waals surface area (Å²) in [5, 5.41) is 3.31. The summed E-state index contributed by atoms with van der Waals surface area (Å²) >= 11 is 1.75. The standard InChI is InChI=1S/C7H5NS/c1-3-8-5-6-2-4-9-7(1)6/h1-5H/q+1. The number of thiophene rings is 1. The van der Waals surface area contributed by atoms with E-state index in [0.717, 1.165) is 0 Å². The average molecular weight is 135 g/mol. The van der Waals surface area contributed by atoms with Gasteiger partial charge in [0.05, 0.1) is 10.2 Å². The molecule has 0 saturated carbocycles. The Morgan fingerprint density at radius 3 is 3.33 bits per heavy atom. The van der Waals surface area contributed by atoms with E-state index in [1.807, 2.05) is 18.5 Å². The van der Waals surface area contributed by atoms with E-state index in [4.69, 9.17) is 0 Å². The molecule has 0 spiro atoms. The third kappa shape index (κ3) is 0.715. The first-order valence-electron chi connectivity index (χ1n) is 2.74. The summed E-state index contributed by atoms with van der Waals surface area (Å²) in [7, 11) is 0. The van der Waals surface area contributed by atoms with E-state index in [0.29, 0.717) is 0 Å². The van der Waals surface area contributed by atoms with Crippen LogP contribution in [-0.4, -0.2) is 6.21 Å². The van der Waals surface area contributed by atoms with Crippen LogP contribution < -0.4 is 14.7 Å². The van der Waals surface area contributed by atoms with Crippen LogP contribution in [0.1, 0.15) is 0 Å². The molecular formula is C7H5NS+. The summed E-state index contributed by atoms with van der Waals surface area (Å²) in [6, 6.07) is 2.08. The highest BCUT2D eigenvalue weighted by atomic mass is 32.1. The maximum Gasteiger partial charge on any atom is 0.250 e. The number of aliphatic imine (C=N–C) groups is 1. The highest BCUT2D eigenvalue weighted by molar-refractivity contribution is 7.07. The Bertz CT molecular complexity index is 313. The van der Waals surface area contributed by atoms with Gasteiger partial charge in [0, 0.05) is 10.6 Å². The van der Waals surface area contributed by atoms with Crippen molar-refractivity contribution >= 4 is 29.8 Å². The minimum atomic E-state index is 1.24. The van der Waals surface area contributed by atoms with Crippen molar-refractivity contribution < 1.29 is 0 Å². The van der Waals surface area contributed by atoms with Gasteiger partial charge in [-0.3, -0.25) is 0 Å². The Hall–Kier alpha value is -0.890. The van der Waals surface area contributed by atoms with Gasteiger partial charge in [-0.15, -0.1) is 11.3 Å². The van der Waals surface area contributed by atoms with Crippen LogP contribution in [-0.2, 0) is 0 Å². The van der Waals surface area contributed by atoms with Gasteiger partial charge in [0.25, 0.3) is 6.20 Å². The predicted octanol–water partition coefficient (Wildman–Crippen LogP) is -0.313. The summed E-state index contributed by atoms with van der Waals surface area (Å²) < 4.78 is 1.31. The molecule has 43 valence electrons. The zero-order chi connectivity index (χ0) is 6.10. The Morgan fingerprint density at radius 2 is 2.44 bits per heavy atom. The lowest BCUT2D eigenvalue weighted by atomic mass is 10.4. The Balaban J connectivity index is 2.99. The van der Waals surface area contributed by atoms with E-state index in [-0.39, 0.29) is 0 Å². The maximum atomic E-state index is 3.99. The van der Waals surface area contributed by atoms with Gasteiger partial charge in [-0.1, -0.05) is 0 Å². The fourth-order valence-electron chi connectivity index (χ4n) is 0.807. The topological polar surface area (TPSA) is 14.1 Å². The Morgan fingerprint density at radius 1 is 1.44 bits per heavy atom. The summed E-state index contributed by atoms with van der Waals surface area (Å²) in [6.07, 6.45) is 5.73. The van der Waals surface area contributed by atoms with E-state index < -0.39 is 0 Å². The molecule has 0 fully saturated rings. The molecule has 0 saturated heterocycles. The molecule has 2 heteroatoms. The van der Waals surface area contributed by atoms with Crippen LogP contribution in [0.4, 0.5) is 0 Å². The third-order valence-corrected chi connectivity index (χ3v) is 2.15. The van der Waals surface area contributed by atoms with Crippen molar-refractivity contribution in [1.82, 2.24) is 4.99 Å². The molecule has 0 N–H and O–H groups in total. The summed E-state index contributed by atoms with van der Waals surface area (Å²) in [4.78, 5) is 3.99. The first-order valence-corrected chi connectivity index (χ1v) is 3.62. The zero-order valence-corrected chi connectivity index (χ0v) is 5.56. The van der Waals surface area contributed by atoms with Crippen LogP contribution in [0.5, 0.6) is 0 Å². The van der Waals surface area contributed by atoms with E-state index in [2.05, 4.69) is 16.4 Å². The summed E-state index contributed by atoms with van der Waals surface area (Å²) in [6.45, 7) is 0. The van der Waals surface area contributed by atoms with E-state index in [1.165, 1.54) is 9.75 Å². The molecule has 9 heavy (non-hydrogen) atoms. The van der Waals surface area contributed by atoms with Crippen molar-refractivity contribution in [1.29, 1.82) is 0 Å². The third-order valence-electron chi connectivity index (χ3n) is 1.25. The predicted molar refractivity (Wildman–Crippen MR) is 40.7 cm³/mol. The summed E-state index contributed by atoms with van der Waals surface area (Å²) in [5.41, 5.74) is 0. The van der Waals surface area contributed by atoms with Crippen LogP contribution in [0.2, 0.25) is 0 Å². The van der Waals surface area contributed by atoms with Crippen molar-refractivity contribution in [2.24, 2.45) is 0 Å². The van der Waals surface area contributed by atoms with Crippen LogP contribution in [0, 0.1) is 0 Å². The van der Waals surface area contributed by atoms with Crippen molar-refractivity contribution in [2.75, 3.05) is 0 Å². The normalized spacial score (nSPS) is 13.8. The van der Waals surface area contributed by atoms with Crippen molar-refractivity contribution in [2.45, 2.75) is 0 Å². The van der Waals surface area contributed by atoms with E-state index in [9.17, 15) is 0 Å². The maximum absolute atomic E-state index is 3.99. The smallest absolute Gasteiger partial charge is 0.143 e. The SMILES string of the molecule is C1=[N+]C=c2ccsc2=C1. The molecule has 0 aromatic carbocycles. The van der Waals surface area contributed by atoms with Gasteiger partial charge in [-0.25, -0.2) is 0 Å². The Kier molecular flexibility index (Phi) is 0.993. The van der Waals surface area contributed by atoms with E-state index >= 15 is 0 Å². The van der Waals surface area contributed by atoms with Gasteiger partial charge in [0.15, 0.2) is 0 Å². The molecule has 0 amide bonds. The molecule has 1 aromatic rings. The number of nitrogens with zero attached hydrogens (tertiary/aromatic N) is 1. The molecule has 0 aliphatic carbocycles. The molecule has 1 nitrogen and oxygen atoms in total.